The number of aromatic nitrogens is 2. The van der Waals surface area contributed by atoms with Crippen LogP contribution in [0.3, 0.4) is 0 Å². The summed E-state index contributed by atoms with van der Waals surface area (Å²) in [5.74, 6) is 2.73. The van der Waals surface area contributed by atoms with Crippen molar-refractivity contribution in [1.82, 2.24) is 10.2 Å². The van der Waals surface area contributed by atoms with Gasteiger partial charge in [0, 0.05) is 24.1 Å². The molecule has 0 bridgehead atoms. The maximum Gasteiger partial charge on any atom is 0.318 e. The second-order valence-corrected chi connectivity index (χ2v) is 4.45. The van der Waals surface area contributed by atoms with Crippen molar-refractivity contribution in [1.29, 1.82) is 0 Å². The van der Waals surface area contributed by atoms with Crippen molar-refractivity contribution >= 4 is 17.8 Å². The van der Waals surface area contributed by atoms with Gasteiger partial charge in [0.15, 0.2) is 0 Å². The molecule has 1 aliphatic rings. The SMILES string of the molecule is CC1CSCCN1c1nnc(CN)o1. The lowest BCUT2D eigenvalue weighted by molar-refractivity contribution is 0.474. The van der Waals surface area contributed by atoms with Gasteiger partial charge in [-0.3, -0.25) is 0 Å². The predicted molar refractivity (Wildman–Crippen MR) is 56.3 cm³/mol. The molecule has 2 heterocycles. The van der Waals surface area contributed by atoms with E-state index in [0.717, 1.165) is 18.1 Å². The largest absolute Gasteiger partial charge is 0.407 e. The van der Waals surface area contributed by atoms with Gasteiger partial charge < -0.3 is 15.1 Å². The van der Waals surface area contributed by atoms with E-state index in [1.807, 2.05) is 11.8 Å². The van der Waals surface area contributed by atoms with Gasteiger partial charge in [0.2, 0.25) is 5.89 Å². The fourth-order valence-corrected chi connectivity index (χ4v) is 2.47. The molecule has 0 radical (unpaired) electrons. The smallest absolute Gasteiger partial charge is 0.318 e. The van der Waals surface area contributed by atoms with Crippen molar-refractivity contribution in [3.8, 4) is 0 Å². The molecule has 1 fully saturated rings. The number of hydrogen-bond donors (Lipinski definition) is 1. The van der Waals surface area contributed by atoms with Crippen LogP contribution in [0.2, 0.25) is 0 Å². The highest BCUT2D eigenvalue weighted by Gasteiger charge is 2.23. The summed E-state index contributed by atoms with van der Waals surface area (Å²) in [4.78, 5) is 2.14. The van der Waals surface area contributed by atoms with Crippen LogP contribution >= 0.6 is 11.8 Å². The van der Waals surface area contributed by atoms with Gasteiger partial charge in [-0.25, -0.2) is 0 Å². The van der Waals surface area contributed by atoms with Crippen LogP contribution in [-0.2, 0) is 6.54 Å². The fourth-order valence-electron chi connectivity index (χ4n) is 1.45. The van der Waals surface area contributed by atoms with Crippen LogP contribution < -0.4 is 10.6 Å². The van der Waals surface area contributed by atoms with Crippen molar-refractivity contribution in [2.24, 2.45) is 5.73 Å². The Hall–Kier alpha value is -0.750. The average Bonchev–Trinajstić information content (AvgIpc) is 2.67. The first-order valence-electron chi connectivity index (χ1n) is 4.68. The van der Waals surface area contributed by atoms with E-state index in [1.165, 1.54) is 0 Å². The third kappa shape index (κ3) is 1.85. The molecule has 1 unspecified atom stereocenters. The highest BCUT2D eigenvalue weighted by atomic mass is 32.2. The summed E-state index contributed by atoms with van der Waals surface area (Å²) >= 11 is 1.96. The van der Waals surface area contributed by atoms with Gasteiger partial charge >= 0.3 is 6.01 Å². The van der Waals surface area contributed by atoms with Gasteiger partial charge in [0.25, 0.3) is 0 Å². The van der Waals surface area contributed by atoms with Gasteiger partial charge in [-0.2, -0.15) is 11.8 Å². The van der Waals surface area contributed by atoms with Crippen LogP contribution in [0.15, 0.2) is 4.42 Å². The first-order chi connectivity index (χ1) is 6.81. The van der Waals surface area contributed by atoms with Crippen molar-refractivity contribution in [3.05, 3.63) is 5.89 Å². The molecule has 1 atom stereocenters. The van der Waals surface area contributed by atoms with Crippen LogP contribution in [-0.4, -0.2) is 34.3 Å². The number of hydrogen-bond acceptors (Lipinski definition) is 6. The van der Waals surface area contributed by atoms with Crippen molar-refractivity contribution in [2.45, 2.75) is 19.5 Å². The lowest BCUT2D eigenvalue weighted by atomic mass is 10.3. The average molecular weight is 214 g/mol. The third-order valence-corrected chi connectivity index (χ3v) is 3.43. The van der Waals surface area contributed by atoms with Crippen LogP contribution in [0.4, 0.5) is 6.01 Å². The standard InChI is InChI=1S/C8H14N4OS/c1-6-5-14-3-2-12(6)8-11-10-7(4-9)13-8/h6H,2-5,9H2,1H3. The molecule has 14 heavy (non-hydrogen) atoms. The molecule has 0 aliphatic carbocycles. The zero-order valence-corrected chi connectivity index (χ0v) is 8.96. The molecule has 0 saturated carbocycles. The third-order valence-electron chi connectivity index (χ3n) is 2.24. The Morgan fingerprint density at radius 1 is 1.64 bits per heavy atom. The molecule has 2 rings (SSSR count). The van der Waals surface area contributed by atoms with Crippen LogP contribution in [0.25, 0.3) is 0 Å². The predicted octanol–water partition coefficient (Wildman–Crippen LogP) is 0.470. The Balaban J connectivity index is 2.12. The topological polar surface area (TPSA) is 68.2 Å². The summed E-state index contributed by atoms with van der Waals surface area (Å²) < 4.78 is 5.41. The Kier molecular flexibility index (Phi) is 2.93. The molecular formula is C8H14N4OS. The van der Waals surface area contributed by atoms with Gasteiger partial charge in [-0.05, 0) is 6.92 Å². The van der Waals surface area contributed by atoms with Gasteiger partial charge in [0.1, 0.15) is 0 Å². The minimum atomic E-state index is 0.309. The van der Waals surface area contributed by atoms with E-state index in [1.54, 1.807) is 0 Å². The Morgan fingerprint density at radius 2 is 2.50 bits per heavy atom. The number of nitrogens with two attached hydrogens (primary N) is 1. The molecule has 1 aliphatic heterocycles. The quantitative estimate of drug-likeness (QED) is 0.772. The van der Waals surface area contributed by atoms with Crippen LogP contribution in [0, 0.1) is 0 Å². The summed E-state index contributed by atoms with van der Waals surface area (Å²) in [6, 6.07) is 1.07. The molecule has 0 spiro atoms. The van der Waals surface area contributed by atoms with Crippen molar-refractivity contribution in [3.63, 3.8) is 0 Å². The van der Waals surface area contributed by atoms with E-state index in [4.69, 9.17) is 10.2 Å². The Morgan fingerprint density at radius 3 is 3.14 bits per heavy atom. The van der Waals surface area contributed by atoms with E-state index < -0.39 is 0 Å². The second-order valence-electron chi connectivity index (χ2n) is 3.30. The summed E-state index contributed by atoms with van der Waals surface area (Å²) in [6.07, 6.45) is 0. The lowest BCUT2D eigenvalue weighted by Gasteiger charge is -2.31. The molecule has 1 saturated heterocycles. The number of anilines is 1. The molecule has 78 valence electrons. The maximum atomic E-state index is 5.41. The molecule has 2 N–H and O–H groups in total. The monoisotopic (exact) mass is 214 g/mol. The van der Waals surface area contributed by atoms with Crippen LogP contribution in [0.1, 0.15) is 12.8 Å². The minimum absolute atomic E-state index is 0.309. The summed E-state index contributed by atoms with van der Waals surface area (Å²) in [7, 11) is 0. The van der Waals surface area contributed by atoms with Crippen molar-refractivity contribution in [2.75, 3.05) is 23.0 Å². The van der Waals surface area contributed by atoms with E-state index in [0.29, 0.717) is 24.5 Å². The maximum absolute atomic E-state index is 5.41. The first-order valence-corrected chi connectivity index (χ1v) is 5.83. The van der Waals surface area contributed by atoms with Gasteiger partial charge in [-0.15, -0.1) is 5.10 Å². The molecule has 1 aromatic rings. The van der Waals surface area contributed by atoms with E-state index in [-0.39, 0.29) is 0 Å². The minimum Gasteiger partial charge on any atom is -0.407 e. The molecular weight excluding hydrogens is 200 g/mol. The molecule has 6 heteroatoms. The summed E-state index contributed by atoms with van der Waals surface area (Å²) in [6.45, 7) is 3.44. The van der Waals surface area contributed by atoms with Gasteiger partial charge in [0.05, 0.1) is 6.54 Å². The number of thioether (sulfide) groups is 1. The highest BCUT2D eigenvalue weighted by Crippen LogP contribution is 2.22. The summed E-state index contributed by atoms with van der Waals surface area (Å²) in [5, 5.41) is 7.84. The van der Waals surface area contributed by atoms with Gasteiger partial charge in [-0.1, -0.05) is 5.10 Å². The van der Waals surface area contributed by atoms with E-state index >= 15 is 0 Å². The number of nitrogens with zero attached hydrogens (tertiary/aromatic N) is 3. The fraction of sp³-hybridized carbons (Fsp3) is 0.750. The zero-order valence-electron chi connectivity index (χ0n) is 8.14. The Bertz CT molecular complexity index is 303. The van der Waals surface area contributed by atoms with E-state index in [2.05, 4.69) is 22.0 Å². The first kappa shape index (κ1) is 9.79. The summed E-state index contributed by atoms with van der Waals surface area (Å²) in [5.41, 5.74) is 5.41. The second kappa shape index (κ2) is 4.18. The highest BCUT2D eigenvalue weighted by molar-refractivity contribution is 7.99. The Labute approximate surface area is 87.0 Å². The molecule has 0 aromatic carbocycles. The molecule has 1 aromatic heterocycles. The zero-order chi connectivity index (χ0) is 9.97. The molecule has 5 nitrogen and oxygen atoms in total. The van der Waals surface area contributed by atoms with Crippen molar-refractivity contribution < 1.29 is 4.42 Å². The van der Waals surface area contributed by atoms with E-state index in [9.17, 15) is 0 Å². The molecule has 0 amide bonds. The number of rotatable bonds is 2. The lowest BCUT2D eigenvalue weighted by Crippen LogP contribution is -2.40. The van der Waals surface area contributed by atoms with Crippen LogP contribution in [0.5, 0.6) is 0 Å². The normalized spacial score (nSPS) is 22.7.